The highest BCUT2D eigenvalue weighted by molar-refractivity contribution is 5.65. The van der Waals surface area contributed by atoms with Gasteiger partial charge in [-0.3, -0.25) is 4.68 Å². The van der Waals surface area contributed by atoms with Crippen LogP contribution in [0.4, 0.5) is 11.5 Å². The minimum atomic E-state index is 0.396. The fourth-order valence-corrected chi connectivity index (χ4v) is 1.41. The van der Waals surface area contributed by atoms with Crippen LogP contribution in [0.3, 0.4) is 0 Å². The Morgan fingerprint density at radius 2 is 2.00 bits per heavy atom. The SMILES string of the molecule is CCc1nn(C)c(NC(C)C(C)C)c1N. The van der Waals surface area contributed by atoms with Crippen LogP contribution >= 0.6 is 0 Å². The molecule has 0 saturated heterocycles. The number of aromatic nitrogens is 2. The van der Waals surface area contributed by atoms with Gasteiger partial charge in [-0.15, -0.1) is 0 Å². The van der Waals surface area contributed by atoms with Gasteiger partial charge in [0.1, 0.15) is 5.82 Å². The predicted octanol–water partition coefficient (Wildman–Crippen LogP) is 2.02. The molecule has 1 heterocycles. The molecule has 86 valence electrons. The van der Waals surface area contributed by atoms with Gasteiger partial charge in [-0.25, -0.2) is 0 Å². The standard InChI is InChI=1S/C11H22N4/c1-6-9-10(12)11(15(5)14-9)13-8(4)7(2)3/h7-8,13H,6,12H2,1-5H3. The molecule has 0 bridgehead atoms. The first kappa shape index (κ1) is 11.9. The molecule has 3 N–H and O–H groups in total. The summed E-state index contributed by atoms with van der Waals surface area (Å²) in [6.07, 6.45) is 0.872. The zero-order chi connectivity index (χ0) is 11.6. The van der Waals surface area contributed by atoms with Gasteiger partial charge in [0, 0.05) is 13.1 Å². The predicted molar refractivity (Wildman–Crippen MR) is 64.9 cm³/mol. The highest BCUT2D eigenvalue weighted by Crippen LogP contribution is 2.23. The van der Waals surface area contributed by atoms with Crippen LogP contribution in [0, 0.1) is 5.92 Å². The zero-order valence-corrected chi connectivity index (χ0v) is 10.3. The van der Waals surface area contributed by atoms with Crippen LogP contribution in [0.5, 0.6) is 0 Å². The van der Waals surface area contributed by atoms with Gasteiger partial charge in [-0.05, 0) is 19.3 Å². The second-order valence-electron chi connectivity index (χ2n) is 4.36. The van der Waals surface area contributed by atoms with Crippen LogP contribution in [0.15, 0.2) is 0 Å². The molecule has 0 aliphatic carbocycles. The Bertz CT molecular complexity index is 328. The molecule has 1 aromatic heterocycles. The minimum absolute atomic E-state index is 0.396. The lowest BCUT2D eigenvalue weighted by molar-refractivity contribution is 0.554. The topological polar surface area (TPSA) is 55.9 Å². The molecule has 4 heteroatoms. The molecule has 0 aliphatic rings. The summed E-state index contributed by atoms with van der Waals surface area (Å²) in [7, 11) is 1.92. The molecular weight excluding hydrogens is 188 g/mol. The van der Waals surface area contributed by atoms with E-state index in [1.54, 1.807) is 0 Å². The van der Waals surface area contributed by atoms with E-state index in [0.717, 1.165) is 23.6 Å². The van der Waals surface area contributed by atoms with E-state index in [1.807, 2.05) is 11.7 Å². The van der Waals surface area contributed by atoms with Crippen LogP contribution < -0.4 is 11.1 Å². The fourth-order valence-electron chi connectivity index (χ4n) is 1.41. The van der Waals surface area contributed by atoms with E-state index in [-0.39, 0.29) is 0 Å². The number of nitrogens with one attached hydrogen (secondary N) is 1. The lowest BCUT2D eigenvalue weighted by Gasteiger charge is -2.19. The van der Waals surface area contributed by atoms with Crippen molar-refractivity contribution in [2.24, 2.45) is 13.0 Å². The van der Waals surface area contributed by atoms with Crippen molar-refractivity contribution in [3.63, 3.8) is 0 Å². The Morgan fingerprint density at radius 1 is 1.40 bits per heavy atom. The molecule has 1 rings (SSSR count). The first-order valence-corrected chi connectivity index (χ1v) is 5.55. The van der Waals surface area contributed by atoms with Gasteiger partial charge in [0.25, 0.3) is 0 Å². The van der Waals surface area contributed by atoms with Crippen molar-refractivity contribution in [1.82, 2.24) is 9.78 Å². The smallest absolute Gasteiger partial charge is 0.147 e. The largest absolute Gasteiger partial charge is 0.394 e. The Morgan fingerprint density at radius 3 is 2.40 bits per heavy atom. The van der Waals surface area contributed by atoms with Crippen molar-refractivity contribution in [2.75, 3.05) is 11.1 Å². The van der Waals surface area contributed by atoms with Gasteiger partial charge in [0.2, 0.25) is 0 Å². The van der Waals surface area contributed by atoms with Crippen LogP contribution in [0.1, 0.15) is 33.4 Å². The van der Waals surface area contributed by atoms with E-state index in [2.05, 4.69) is 38.1 Å². The first-order chi connectivity index (χ1) is 6.97. The quantitative estimate of drug-likeness (QED) is 0.799. The summed E-state index contributed by atoms with van der Waals surface area (Å²) >= 11 is 0. The molecule has 0 saturated carbocycles. The summed E-state index contributed by atoms with van der Waals surface area (Å²) in [6.45, 7) is 8.59. The van der Waals surface area contributed by atoms with Gasteiger partial charge in [0.15, 0.2) is 0 Å². The van der Waals surface area contributed by atoms with Crippen molar-refractivity contribution < 1.29 is 0 Å². The first-order valence-electron chi connectivity index (χ1n) is 5.55. The summed E-state index contributed by atoms with van der Waals surface area (Å²) in [4.78, 5) is 0. The maximum Gasteiger partial charge on any atom is 0.147 e. The monoisotopic (exact) mass is 210 g/mol. The molecule has 15 heavy (non-hydrogen) atoms. The van der Waals surface area contributed by atoms with Gasteiger partial charge in [-0.2, -0.15) is 5.10 Å². The fraction of sp³-hybridized carbons (Fsp3) is 0.727. The molecule has 1 aromatic rings. The number of aryl methyl sites for hydroxylation is 2. The van der Waals surface area contributed by atoms with E-state index >= 15 is 0 Å². The van der Waals surface area contributed by atoms with Crippen molar-refractivity contribution in [2.45, 2.75) is 40.2 Å². The van der Waals surface area contributed by atoms with Crippen molar-refractivity contribution >= 4 is 11.5 Å². The maximum absolute atomic E-state index is 6.02. The third-order valence-electron chi connectivity index (χ3n) is 2.86. The number of hydrogen-bond acceptors (Lipinski definition) is 3. The van der Waals surface area contributed by atoms with Gasteiger partial charge in [-0.1, -0.05) is 20.8 Å². The van der Waals surface area contributed by atoms with Crippen LogP contribution in [-0.2, 0) is 13.5 Å². The molecule has 1 unspecified atom stereocenters. The summed E-state index contributed by atoms with van der Waals surface area (Å²) in [5.41, 5.74) is 7.77. The Kier molecular flexibility index (Phi) is 3.61. The molecule has 0 spiro atoms. The lowest BCUT2D eigenvalue weighted by atomic mass is 10.1. The summed E-state index contributed by atoms with van der Waals surface area (Å²) in [5.74, 6) is 1.51. The van der Waals surface area contributed by atoms with Gasteiger partial charge >= 0.3 is 0 Å². The highest BCUT2D eigenvalue weighted by atomic mass is 15.3. The Balaban J connectivity index is 2.89. The molecule has 0 amide bonds. The molecule has 1 atom stereocenters. The van der Waals surface area contributed by atoms with E-state index in [1.165, 1.54) is 0 Å². The van der Waals surface area contributed by atoms with Crippen LogP contribution in [0.2, 0.25) is 0 Å². The van der Waals surface area contributed by atoms with Crippen molar-refractivity contribution in [1.29, 1.82) is 0 Å². The number of nitrogen functional groups attached to an aromatic ring is 1. The summed E-state index contributed by atoms with van der Waals surface area (Å²) in [5, 5.41) is 7.78. The van der Waals surface area contributed by atoms with Crippen molar-refractivity contribution in [3.05, 3.63) is 5.69 Å². The third-order valence-corrected chi connectivity index (χ3v) is 2.86. The van der Waals surface area contributed by atoms with Crippen LogP contribution in [0.25, 0.3) is 0 Å². The molecule has 0 fully saturated rings. The molecular formula is C11H22N4. The Hall–Kier alpha value is -1.19. The lowest BCUT2D eigenvalue weighted by Crippen LogP contribution is -2.23. The molecule has 0 radical (unpaired) electrons. The third kappa shape index (κ3) is 2.43. The highest BCUT2D eigenvalue weighted by Gasteiger charge is 2.15. The van der Waals surface area contributed by atoms with E-state index in [0.29, 0.717) is 12.0 Å². The number of nitrogens with two attached hydrogens (primary N) is 1. The number of anilines is 2. The summed E-state index contributed by atoms with van der Waals surface area (Å²) in [6, 6.07) is 0.396. The average molecular weight is 210 g/mol. The average Bonchev–Trinajstić information content (AvgIpc) is 2.44. The molecule has 0 aromatic carbocycles. The minimum Gasteiger partial charge on any atom is -0.394 e. The number of nitrogens with zero attached hydrogens (tertiary/aromatic N) is 2. The Labute approximate surface area is 91.8 Å². The molecule has 4 nitrogen and oxygen atoms in total. The van der Waals surface area contributed by atoms with E-state index < -0.39 is 0 Å². The number of hydrogen-bond donors (Lipinski definition) is 2. The summed E-state index contributed by atoms with van der Waals surface area (Å²) < 4.78 is 1.83. The van der Waals surface area contributed by atoms with Crippen LogP contribution in [-0.4, -0.2) is 15.8 Å². The second kappa shape index (κ2) is 4.55. The maximum atomic E-state index is 6.02. The van der Waals surface area contributed by atoms with Crippen molar-refractivity contribution in [3.8, 4) is 0 Å². The second-order valence-corrected chi connectivity index (χ2v) is 4.36. The molecule has 0 aliphatic heterocycles. The normalized spacial score (nSPS) is 13.2. The number of rotatable bonds is 4. The van der Waals surface area contributed by atoms with Gasteiger partial charge < -0.3 is 11.1 Å². The van der Waals surface area contributed by atoms with E-state index in [4.69, 9.17) is 5.73 Å². The van der Waals surface area contributed by atoms with E-state index in [9.17, 15) is 0 Å². The zero-order valence-electron chi connectivity index (χ0n) is 10.3. The van der Waals surface area contributed by atoms with Gasteiger partial charge in [0.05, 0.1) is 11.4 Å².